The summed E-state index contributed by atoms with van der Waals surface area (Å²) in [6.07, 6.45) is 0. The average molecular weight is 305 g/mol. The Morgan fingerprint density at radius 3 is 2.67 bits per heavy atom. The Labute approximate surface area is 127 Å². The van der Waals surface area contributed by atoms with Crippen molar-refractivity contribution in [2.75, 3.05) is 10.2 Å². The number of benzene rings is 2. The summed E-state index contributed by atoms with van der Waals surface area (Å²) in [5.41, 5.74) is 2.29. The van der Waals surface area contributed by atoms with Crippen LogP contribution in [0.3, 0.4) is 0 Å². The Kier molecular flexibility index (Phi) is 3.55. The van der Waals surface area contributed by atoms with E-state index < -0.39 is 0 Å². The molecule has 21 heavy (non-hydrogen) atoms. The Morgan fingerprint density at radius 1 is 1.24 bits per heavy atom. The molecule has 0 bridgehead atoms. The summed E-state index contributed by atoms with van der Waals surface area (Å²) in [6.45, 7) is 2.20. The summed E-state index contributed by atoms with van der Waals surface area (Å²) in [5.74, 6) is -0.363. The highest BCUT2D eigenvalue weighted by Crippen LogP contribution is 2.33. The van der Waals surface area contributed by atoms with Crippen LogP contribution in [0.1, 0.15) is 12.5 Å². The molecule has 2 aromatic carbocycles. The maximum absolute atomic E-state index is 13.4. The van der Waals surface area contributed by atoms with Gasteiger partial charge in [0.1, 0.15) is 11.9 Å². The van der Waals surface area contributed by atoms with Crippen LogP contribution in [0.5, 0.6) is 0 Å². The number of halogens is 2. The molecule has 1 N–H and O–H groups in total. The number of carbonyl (C=O) groups is 1. The van der Waals surface area contributed by atoms with Crippen LogP contribution in [-0.2, 0) is 11.3 Å². The number of anilines is 2. The van der Waals surface area contributed by atoms with E-state index in [1.807, 2.05) is 12.1 Å². The molecular weight excluding hydrogens is 291 g/mol. The highest BCUT2D eigenvalue weighted by atomic mass is 35.5. The van der Waals surface area contributed by atoms with Gasteiger partial charge in [-0.3, -0.25) is 4.79 Å². The minimum absolute atomic E-state index is 0.0379. The predicted octanol–water partition coefficient (Wildman–Crippen LogP) is 3.83. The van der Waals surface area contributed by atoms with Crippen molar-refractivity contribution in [3.8, 4) is 0 Å². The van der Waals surface area contributed by atoms with Gasteiger partial charge in [0.15, 0.2) is 0 Å². The molecule has 3 rings (SSSR count). The fourth-order valence-corrected chi connectivity index (χ4v) is 2.57. The first-order chi connectivity index (χ1) is 10.0. The van der Waals surface area contributed by atoms with Crippen molar-refractivity contribution < 1.29 is 9.18 Å². The normalized spacial score (nSPS) is 17.4. The van der Waals surface area contributed by atoms with Gasteiger partial charge >= 0.3 is 0 Å². The van der Waals surface area contributed by atoms with E-state index in [-0.39, 0.29) is 17.8 Å². The summed E-state index contributed by atoms with van der Waals surface area (Å²) < 4.78 is 13.4. The smallest absolute Gasteiger partial charge is 0.249 e. The number of carbonyl (C=O) groups excluding carboxylic acids is 1. The lowest BCUT2D eigenvalue weighted by Crippen LogP contribution is -2.45. The Bertz CT molecular complexity index is 687. The summed E-state index contributed by atoms with van der Waals surface area (Å²) in [4.78, 5) is 14.1. The van der Waals surface area contributed by atoms with Gasteiger partial charge in [0.25, 0.3) is 0 Å². The van der Waals surface area contributed by atoms with Crippen LogP contribution in [0, 0.1) is 5.82 Å². The quantitative estimate of drug-likeness (QED) is 0.914. The molecule has 3 nitrogen and oxygen atoms in total. The van der Waals surface area contributed by atoms with Gasteiger partial charge in [-0.15, -0.1) is 0 Å². The maximum atomic E-state index is 13.4. The van der Waals surface area contributed by atoms with Gasteiger partial charge < -0.3 is 10.2 Å². The molecule has 1 unspecified atom stereocenters. The molecule has 0 aliphatic carbocycles. The second-order valence-electron chi connectivity index (χ2n) is 5.08. The number of fused-ring (bicyclic) bond motifs is 1. The number of nitrogens with one attached hydrogen (secondary N) is 1. The molecule has 2 aromatic rings. The second-order valence-corrected chi connectivity index (χ2v) is 5.51. The van der Waals surface area contributed by atoms with E-state index in [1.54, 1.807) is 30.0 Å². The summed E-state index contributed by atoms with van der Waals surface area (Å²) in [6, 6.07) is 11.4. The van der Waals surface area contributed by atoms with Crippen LogP contribution in [0.15, 0.2) is 42.5 Å². The minimum atomic E-state index is -0.383. The third kappa shape index (κ3) is 2.72. The van der Waals surface area contributed by atoms with Crippen LogP contribution in [-0.4, -0.2) is 11.9 Å². The number of hydrogen-bond acceptors (Lipinski definition) is 2. The first-order valence-corrected chi connectivity index (χ1v) is 7.04. The van der Waals surface area contributed by atoms with Crippen molar-refractivity contribution in [3.05, 3.63) is 58.9 Å². The van der Waals surface area contributed by atoms with Crippen LogP contribution in [0.4, 0.5) is 15.8 Å². The lowest BCUT2D eigenvalue weighted by molar-refractivity contribution is -0.119. The standard InChI is InChI=1S/C16H14ClFN2O/c1-10-16(21)20(9-11-2-4-12(17)5-3-11)15-7-6-13(18)8-14(15)19-10/h2-8,10,19H,9H2,1H3. The lowest BCUT2D eigenvalue weighted by Gasteiger charge is -2.34. The first kappa shape index (κ1) is 13.9. The molecule has 0 radical (unpaired) electrons. The summed E-state index contributed by atoms with van der Waals surface area (Å²) in [5, 5.41) is 3.68. The predicted molar refractivity (Wildman–Crippen MR) is 82.1 cm³/mol. The zero-order valence-corrected chi connectivity index (χ0v) is 12.2. The molecule has 0 aromatic heterocycles. The molecule has 1 atom stereocenters. The fraction of sp³-hybridized carbons (Fsp3) is 0.188. The maximum Gasteiger partial charge on any atom is 0.249 e. The number of hydrogen-bond donors (Lipinski definition) is 1. The topological polar surface area (TPSA) is 32.3 Å². The molecule has 0 saturated carbocycles. The molecule has 1 heterocycles. The van der Waals surface area contributed by atoms with Crippen molar-refractivity contribution in [1.82, 2.24) is 0 Å². The molecule has 108 valence electrons. The third-order valence-electron chi connectivity index (χ3n) is 3.51. The first-order valence-electron chi connectivity index (χ1n) is 6.66. The number of amides is 1. The van der Waals surface area contributed by atoms with E-state index in [0.29, 0.717) is 22.9 Å². The van der Waals surface area contributed by atoms with Crippen LogP contribution in [0.2, 0.25) is 5.02 Å². The molecular formula is C16H14ClFN2O. The molecule has 5 heteroatoms. The van der Waals surface area contributed by atoms with E-state index in [9.17, 15) is 9.18 Å². The highest BCUT2D eigenvalue weighted by Gasteiger charge is 2.29. The lowest BCUT2D eigenvalue weighted by atomic mass is 10.1. The van der Waals surface area contributed by atoms with Gasteiger partial charge in [0.05, 0.1) is 17.9 Å². The number of nitrogens with zero attached hydrogens (tertiary/aromatic N) is 1. The van der Waals surface area contributed by atoms with Crippen LogP contribution >= 0.6 is 11.6 Å². The Morgan fingerprint density at radius 2 is 1.95 bits per heavy atom. The van der Waals surface area contributed by atoms with Gasteiger partial charge in [-0.25, -0.2) is 4.39 Å². The molecule has 0 spiro atoms. The van der Waals surface area contributed by atoms with E-state index in [4.69, 9.17) is 11.6 Å². The van der Waals surface area contributed by atoms with E-state index >= 15 is 0 Å². The Balaban J connectivity index is 1.96. The highest BCUT2D eigenvalue weighted by molar-refractivity contribution is 6.30. The van der Waals surface area contributed by atoms with Crippen molar-refractivity contribution in [2.24, 2.45) is 0 Å². The SMILES string of the molecule is CC1Nc2cc(F)ccc2N(Cc2ccc(Cl)cc2)C1=O. The van der Waals surface area contributed by atoms with Crippen molar-refractivity contribution in [2.45, 2.75) is 19.5 Å². The summed E-state index contributed by atoms with van der Waals surface area (Å²) in [7, 11) is 0. The minimum Gasteiger partial charge on any atom is -0.372 e. The zero-order valence-electron chi connectivity index (χ0n) is 11.4. The zero-order chi connectivity index (χ0) is 15.0. The fourth-order valence-electron chi connectivity index (χ4n) is 2.44. The van der Waals surface area contributed by atoms with Gasteiger partial charge in [-0.2, -0.15) is 0 Å². The number of rotatable bonds is 2. The Hall–Kier alpha value is -2.07. The molecule has 1 aliphatic heterocycles. The van der Waals surface area contributed by atoms with Crippen molar-refractivity contribution in [1.29, 1.82) is 0 Å². The van der Waals surface area contributed by atoms with E-state index in [1.165, 1.54) is 12.1 Å². The van der Waals surface area contributed by atoms with E-state index in [0.717, 1.165) is 5.56 Å². The van der Waals surface area contributed by atoms with Gasteiger partial charge in [0, 0.05) is 5.02 Å². The van der Waals surface area contributed by atoms with Crippen molar-refractivity contribution >= 4 is 28.9 Å². The van der Waals surface area contributed by atoms with Crippen molar-refractivity contribution in [3.63, 3.8) is 0 Å². The molecule has 0 saturated heterocycles. The van der Waals surface area contributed by atoms with Crippen LogP contribution in [0.25, 0.3) is 0 Å². The largest absolute Gasteiger partial charge is 0.372 e. The van der Waals surface area contributed by atoms with Gasteiger partial charge in [-0.05, 0) is 42.8 Å². The molecule has 1 amide bonds. The average Bonchev–Trinajstić information content (AvgIpc) is 2.46. The molecule has 1 aliphatic rings. The van der Waals surface area contributed by atoms with Crippen LogP contribution < -0.4 is 10.2 Å². The monoisotopic (exact) mass is 304 g/mol. The van der Waals surface area contributed by atoms with E-state index in [2.05, 4.69) is 5.32 Å². The summed E-state index contributed by atoms with van der Waals surface area (Å²) >= 11 is 5.87. The van der Waals surface area contributed by atoms with Gasteiger partial charge in [-0.1, -0.05) is 23.7 Å². The second kappa shape index (κ2) is 5.37. The van der Waals surface area contributed by atoms with Gasteiger partial charge in [0.2, 0.25) is 5.91 Å². The molecule has 0 fully saturated rings. The third-order valence-corrected chi connectivity index (χ3v) is 3.76.